The van der Waals surface area contributed by atoms with Crippen molar-refractivity contribution in [3.05, 3.63) is 48.2 Å². The number of hydrogen-bond acceptors (Lipinski definition) is 5. The van der Waals surface area contributed by atoms with E-state index in [0.29, 0.717) is 37.7 Å². The molecule has 8 nitrogen and oxygen atoms in total. The molecule has 164 valence electrons. The number of carbonyl (C=O) groups excluding carboxylic acids is 3. The highest BCUT2D eigenvalue weighted by Crippen LogP contribution is 2.26. The highest BCUT2D eigenvalue weighted by atomic mass is 16.5. The molecule has 1 atom stereocenters. The Morgan fingerprint density at radius 2 is 1.81 bits per heavy atom. The molecule has 0 bridgehead atoms. The molecule has 2 amide bonds. The Labute approximate surface area is 181 Å². The molecular weight excluding hydrogens is 396 g/mol. The van der Waals surface area contributed by atoms with E-state index < -0.39 is 0 Å². The quantitative estimate of drug-likeness (QED) is 0.690. The van der Waals surface area contributed by atoms with Crippen LogP contribution in [0.4, 0.5) is 5.82 Å². The fourth-order valence-corrected chi connectivity index (χ4v) is 4.18. The second-order valence-corrected chi connectivity index (χ2v) is 8.11. The van der Waals surface area contributed by atoms with Gasteiger partial charge in [0.1, 0.15) is 5.82 Å². The average Bonchev–Trinajstić information content (AvgIpc) is 3.50. The lowest BCUT2D eigenvalue weighted by atomic mass is 10.0. The first-order chi connectivity index (χ1) is 15.1. The third-order valence-electron chi connectivity index (χ3n) is 6.05. The highest BCUT2D eigenvalue weighted by Gasteiger charge is 2.28. The molecule has 2 fully saturated rings. The van der Waals surface area contributed by atoms with Crippen LogP contribution in [0.25, 0.3) is 0 Å². The zero-order valence-electron chi connectivity index (χ0n) is 17.5. The van der Waals surface area contributed by atoms with Gasteiger partial charge in [-0.05, 0) is 19.3 Å². The van der Waals surface area contributed by atoms with Crippen LogP contribution < -0.4 is 5.32 Å². The standard InChI is InChI=1S/C23H28N4O4/c28-20(17-4-2-1-3-5-17)6-7-22(29)26-13-9-19(10-14-26)27-21(8-12-24-27)25-23(30)18-11-15-31-16-18/h1-5,8,12,18-19H,6-7,9-11,13-16H2,(H,25,30). The second-order valence-electron chi connectivity index (χ2n) is 8.11. The van der Waals surface area contributed by atoms with Gasteiger partial charge in [-0.15, -0.1) is 0 Å². The maximum absolute atomic E-state index is 12.6. The van der Waals surface area contributed by atoms with E-state index in [1.54, 1.807) is 24.4 Å². The fraction of sp³-hybridized carbons (Fsp3) is 0.478. The fourth-order valence-electron chi connectivity index (χ4n) is 4.18. The molecule has 8 heteroatoms. The monoisotopic (exact) mass is 424 g/mol. The number of nitrogens with zero attached hydrogens (tertiary/aromatic N) is 3. The molecule has 1 unspecified atom stereocenters. The highest BCUT2D eigenvalue weighted by molar-refractivity contribution is 5.97. The Morgan fingerprint density at radius 3 is 2.52 bits per heavy atom. The molecule has 0 saturated carbocycles. The number of rotatable bonds is 7. The number of ether oxygens (including phenoxy) is 1. The molecule has 3 heterocycles. The smallest absolute Gasteiger partial charge is 0.231 e. The van der Waals surface area contributed by atoms with Gasteiger partial charge in [-0.1, -0.05) is 30.3 Å². The van der Waals surface area contributed by atoms with Crippen molar-refractivity contribution >= 4 is 23.4 Å². The van der Waals surface area contributed by atoms with Gasteiger partial charge in [0, 0.05) is 44.2 Å². The third kappa shape index (κ3) is 5.19. The van der Waals surface area contributed by atoms with Gasteiger partial charge in [0.25, 0.3) is 0 Å². The van der Waals surface area contributed by atoms with Gasteiger partial charge in [0.2, 0.25) is 11.8 Å². The summed E-state index contributed by atoms with van der Waals surface area (Å²) in [5.41, 5.74) is 0.645. The number of carbonyl (C=O) groups is 3. The Morgan fingerprint density at radius 1 is 1.03 bits per heavy atom. The number of aromatic nitrogens is 2. The molecule has 2 aliphatic rings. The van der Waals surface area contributed by atoms with Gasteiger partial charge in [-0.25, -0.2) is 4.68 Å². The Bertz CT molecular complexity index is 913. The number of piperidine rings is 1. The lowest BCUT2D eigenvalue weighted by molar-refractivity contribution is -0.132. The number of anilines is 1. The van der Waals surface area contributed by atoms with Crippen molar-refractivity contribution in [2.75, 3.05) is 31.6 Å². The van der Waals surface area contributed by atoms with Crippen molar-refractivity contribution in [2.24, 2.45) is 5.92 Å². The second kappa shape index (κ2) is 9.87. The summed E-state index contributed by atoms with van der Waals surface area (Å²) in [4.78, 5) is 39.0. The summed E-state index contributed by atoms with van der Waals surface area (Å²) in [5.74, 6) is 0.554. The molecular formula is C23H28N4O4. The van der Waals surface area contributed by atoms with E-state index in [2.05, 4.69) is 10.4 Å². The van der Waals surface area contributed by atoms with Crippen LogP contribution in [-0.2, 0) is 14.3 Å². The van der Waals surface area contributed by atoms with E-state index in [1.165, 1.54) is 0 Å². The lowest BCUT2D eigenvalue weighted by Gasteiger charge is -2.33. The Hall–Kier alpha value is -3.00. The minimum Gasteiger partial charge on any atom is -0.381 e. The largest absolute Gasteiger partial charge is 0.381 e. The SMILES string of the molecule is O=C(CCC(=O)N1CCC(n2nccc2NC(=O)C2CCOC2)CC1)c1ccccc1. The topological polar surface area (TPSA) is 93.5 Å². The number of benzene rings is 1. The van der Waals surface area contributed by atoms with Crippen molar-refractivity contribution in [2.45, 2.75) is 38.1 Å². The first kappa shape index (κ1) is 21.2. The zero-order chi connectivity index (χ0) is 21.6. The summed E-state index contributed by atoms with van der Waals surface area (Å²) in [7, 11) is 0. The van der Waals surface area contributed by atoms with Crippen molar-refractivity contribution < 1.29 is 19.1 Å². The van der Waals surface area contributed by atoms with E-state index in [4.69, 9.17) is 4.74 Å². The van der Waals surface area contributed by atoms with E-state index in [-0.39, 0.29) is 42.4 Å². The molecule has 1 aromatic heterocycles. The van der Waals surface area contributed by atoms with Gasteiger partial charge < -0.3 is 15.0 Å². The van der Waals surface area contributed by atoms with Crippen molar-refractivity contribution in [1.82, 2.24) is 14.7 Å². The molecule has 0 radical (unpaired) electrons. The number of Topliss-reactive ketones (excluding diaryl/α,β-unsaturated/α-hetero) is 1. The lowest BCUT2D eigenvalue weighted by Crippen LogP contribution is -2.39. The first-order valence-electron chi connectivity index (χ1n) is 10.9. The maximum Gasteiger partial charge on any atom is 0.231 e. The van der Waals surface area contributed by atoms with Crippen molar-refractivity contribution in [1.29, 1.82) is 0 Å². The summed E-state index contributed by atoms with van der Waals surface area (Å²) < 4.78 is 7.15. The molecule has 2 saturated heterocycles. The van der Waals surface area contributed by atoms with Gasteiger partial charge in [0.05, 0.1) is 24.8 Å². The van der Waals surface area contributed by atoms with Crippen LogP contribution in [0.15, 0.2) is 42.6 Å². The molecule has 0 aliphatic carbocycles. The third-order valence-corrected chi connectivity index (χ3v) is 6.05. The van der Waals surface area contributed by atoms with E-state index in [1.807, 2.05) is 27.8 Å². The van der Waals surface area contributed by atoms with Crippen LogP contribution in [0.5, 0.6) is 0 Å². The number of nitrogens with one attached hydrogen (secondary N) is 1. The van der Waals surface area contributed by atoms with Gasteiger partial charge in [-0.2, -0.15) is 5.10 Å². The van der Waals surface area contributed by atoms with E-state index in [9.17, 15) is 14.4 Å². The summed E-state index contributed by atoms with van der Waals surface area (Å²) in [6, 6.07) is 11.0. The summed E-state index contributed by atoms with van der Waals surface area (Å²) in [5, 5.41) is 7.38. The van der Waals surface area contributed by atoms with Crippen LogP contribution in [0.2, 0.25) is 0 Å². The Kier molecular flexibility index (Phi) is 6.76. The van der Waals surface area contributed by atoms with Crippen LogP contribution >= 0.6 is 0 Å². The number of hydrogen-bond donors (Lipinski definition) is 1. The number of ketones is 1. The number of likely N-dealkylation sites (tertiary alicyclic amines) is 1. The predicted molar refractivity (Wildman–Crippen MR) is 115 cm³/mol. The zero-order valence-corrected chi connectivity index (χ0v) is 17.5. The van der Waals surface area contributed by atoms with Gasteiger partial charge in [-0.3, -0.25) is 14.4 Å². The Balaban J connectivity index is 1.26. The van der Waals surface area contributed by atoms with Gasteiger partial charge >= 0.3 is 0 Å². The molecule has 1 aromatic carbocycles. The molecule has 31 heavy (non-hydrogen) atoms. The molecule has 4 rings (SSSR count). The normalized spacial score (nSPS) is 19.4. The van der Waals surface area contributed by atoms with Crippen LogP contribution in [-0.4, -0.2) is 58.6 Å². The average molecular weight is 425 g/mol. The summed E-state index contributed by atoms with van der Waals surface area (Å²) in [6.07, 6.45) is 4.40. The molecule has 1 N–H and O–H groups in total. The molecule has 0 spiro atoms. The van der Waals surface area contributed by atoms with Crippen LogP contribution in [0.1, 0.15) is 48.5 Å². The van der Waals surface area contributed by atoms with Crippen molar-refractivity contribution in [3.63, 3.8) is 0 Å². The van der Waals surface area contributed by atoms with Crippen molar-refractivity contribution in [3.8, 4) is 0 Å². The number of amides is 2. The summed E-state index contributed by atoms with van der Waals surface area (Å²) >= 11 is 0. The maximum atomic E-state index is 12.6. The predicted octanol–water partition coefficient (Wildman–Crippen LogP) is 2.68. The van der Waals surface area contributed by atoms with E-state index >= 15 is 0 Å². The van der Waals surface area contributed by atoms with Crippen LogP contribution in [0.3, 0.4) is 0 Å². The minimum atomic E-state index is -0.110. The van der Waals surface area contributed by atoms with Crippen LogP contribution in [0, 0.1) is 5.92 Å². The van der Waals surface area contributed by atoms with E-state index in [0.717, 1.165) is 19.3 Å². The molecule has 2 aliphatic heterocycles. The first-order valence-corrected chi connectivity index (χ1v) is 10.9. The molecule has 2 aromatic rings. The minimum absolute atomic E-state index is 0.00609. The van der Waals surface area contributed by atoms with Gasteiger partial charge in [0.15, 0.2) is 5.78 Å². The summed E-state index contributed by atoms with van der Waals surface area (Å²) in [6.45, 7) is 2.33.